The minimum Gasteiger partial charge on any atom is -0.377 e. The standard InChI is InChI=1S/C23H23BrN2O/c24-16-11-9-15(10-12-16)21-18-6-3-5-17(18)19-7-4-8-20(22(19)25-21)23(27)26-13-1-2-14-26/h3-5,7-12,17-18,21,25H,1-2,6,13-14H2/t17-,18+,21-/m0/s1. The third-order valence-electron chi connectivity index (χ3n) is 6.25. The van der Waals surface area contributed by atoms with Crippen LogP contribution in [-0.2, 0) is 0 Å². The number of allylic oxidation sites excluding steroid dienone is 2. The summed E-state index contributed by atoms with van der Waals surface area (Å²) in [5.74, 6) is 1.05. The number of anilines is 1. The van der Waals surface area contributed by atoms with E-state index in [1.807, 2.05) is 17.0 Å². The number of para-hydroxylation sites is 1. The number of halogens is 1. The van der Waals surface area contributed by atoms with E-state index < -0.39 is 0 Å². The number of fused-ring (bicyclic) bond motifs is 3. The summed E-state index contributed by atoms with van der Waals surface area (Å²) in [5.41, 5.74) is 4.42. The summed E-state index contributed by atoms with van der Waals surface area (Å²) in [5, 5.41) is 3.77. The third kappa shape index (κ3) is 2.91. The van der Waals surface area contributed by atoms with Gasteiger partial charge in [-0.2, -0.15) is 0 Å². The van der Waals surface area contributed by atoms with Gasteiger partial charge in [0, 0.05) is 23.5 Å². The van der Waals surface area contributed by atoms with E-state index in [4.69, 9.17) is 0 Å². The fourth-order valence-corrected chi connectivity index (χ4v) is 5.15. The molecular formula is C23H23BrN2O. The van der Waals surface area contributed by atoms with Gasteiger partial charge in [0.1, 0.15) is 0 Å². The largest absolute Gasteiger partial charge is 0.377 e. The van der Waals surface area contributed by atoms with Crippen molar-refractivity contribution in [2.45, 2.75) is 31.2 Å². The molecule has 1 fully saturated rings. The molecule has 0 unspecified atom stereocenters. The Balaban J connectivity index is 1.57. The van der Waals surface area contributed by atoms with E-state index in [0.29, 0.717) is 11.8 Å². The number of rotatable bonds is 2. The van der Waals surface area contributed by atoms with Crippen LogP contribution in [0.5, 0.6) is 0 Å². The average molecular weight is 423 g/mol. The molecule has 2 aliphatic heterocycles. The zero-order valence-corrected chi connectivity index (χ0v) is 16.8. The number of carbonyl (C=O) groups is 1. The Bertz CT molecular complexity index is 899. The third-order valence-corrected chi connectivity index (χ3v) is 6.78. The Hall–Kier alpha value is -2.07. The Morgan fingerprint density at radius 2 is 1.85 bits per heavy atom. The molecule has 2 heterocycles. The normalized spacial score (nSPS) is 25.8. The van der Waals surface area contributed by atoms with Crippen molar-refractivity contribution in [3.05, 3.63) is 75.8 Å². The van der Waals surface area contributed by atoms with Gasteiger partial charge in [-0.25, -0.2) is 0 Å². The first-order chi connectivity index (χ1) is 13.2. The molecule has 1 aliphatic carbocycles. The molecule has 0 radical (unpaired) electrons. The quantitative estimate of drug-likeness (QED) is 0.646. The number of likely N-dealkylation sites (tertiary alicyclic amines) is 1. The van der Waals surface area contributed by atoms with Crippen molar-refractivity contribution < 1.29 is 4.79 Å². The summed E-state index contributed by atoms with van der Waals surface area (Å²) in [6.45, 7) is 1.76. The average Bonchev–Trinajstić information content (AvgIpc) is 3.39. The second-order valence-electron chi connectivity index (χ2n) is 7.80. The number of carbonyl (C=O) groups excluding carboxylic acids is 1. The van der Waals surface area contributed by atoms with E-state index in [2.05, 4.69) is 63.7 Å². The molecule has 0 bridgehead atoms. The van der Waals surface area contributed by atoms with Gasteiger partial charge in [0.05, 0.1) is 17.3 Å². The van der Waals surface area contributed by atoms with E-state index in [1.165, 1.54) is 11.1 Å². The lowest BCUT2D eigenvalue weighted by Gasteiger charge is -2.38. The van der Waals surface area contributed by atoms with E-state index in [1.54, 1.807) is 0 Å². The Kier molecular flexibility index (Phi) is 4.31. The van der Waals surface area contributed by atoms with Crippen LogP contribution in [0.4, 0.5) is 5.69 Å². The summed E-state index contributed by atoms with van der Waals surface area (Å²) < 4.78 is 1.09. The van der Waals surface area contributed by atoms with Crippen molar-refractivity contribution in [3.8, 4) is 0 Å². The van der Waals surface area contributed by atoms with Gasteiger partial charge in [-0.05, 0) is 54.5 Å². The monoisotopic (exact) mass is 422 g/mol. The van der Waals surface area contributed by atoms with Crippen LogP contribution >= 0.6 is 15.9 Å². The minimum atomic E-state index is 0.173. The van der Waals surface area contributed by atoms with Gasteiger partial charge in [-0.15, -0.1) is 0 Å². The topological polar surface area (TPSA) is 32.3 Å². The summed E-state index contributed by atoms with van der Waals surface area (Å²) in [4.78, 5) is 15.2. The van der Waals surface area contributed by atoms with Crippen molar-refractivity contribution >= 4 is 27.5 Å². The SMILES string of the molecule is O=C(c1cccc2c1N[C@@H](c1ccc(Br)cc1)[C@@H]1CC=C[C@H]21)N1CCCC1. The molecule has 138 valence electrons. The van der Waals surface area contributed by atoms with Crippen LogP contribution in [0.25, 0.3) is 0 Å². The highest BCUT2D eigenvalue weighted by atomic mass is 79.9. The Morgan fingerprint density at radius 3 is 2.63 bits per heavy atom. The molecule has 2 aromatic carbocycles. The molecule has 1 saturated heterocycles. The predicted octanol–water partition coefficient (Wildman–Crippen LogP) is 5.51. The molecule has 3 nitrogen and oxygen atoms in total. The molecule has 0 saturated carbocycles. The van der Waals surface area contributed by atoms with Crippen LogP contribution in [0.2, 0.25) is 0 Å². The van der Waals surface area contributed by atoms with Gasteiger partial charge in [-0.3, -0.25) is 4.79 Å². The highest BCUT2D eigenvalue weighted by Gasteiger charge is 2.39. The van der Waals surface area contributed by atoms with Crippen LogP contribution in [0.15, 0.2) is 59.1 Å². The Morgan fingerprint density at radius 1 is 1.07 bits per heavy atom. The van der Waals surface area contributed by atoms with E-state index in [0.717, 1.165) is 48.1 Å². The number of nitrogens with zero attached hydrogens (tertiary/aromatic N) is 1. The molecule has 3 atom stereocenters. The van der Waals surface area contributed by atoms with Crippen LogP contribution in [0.1, 0.15) is 52.7 Å². The van der Waals surface area contributed by atoms with Gasteiger partial charge in [0.2, 0.25) is 0 Å². The molecule has 0 aromatic heterocycles. The van der Waals surface area contributed by atoms with E-state index >= 15 is 0 Å². The van der Waals surface area contributed by atoms with Crippen LogP contribution in [-0.4, -0.2) is 23.9 Å². The second kappa shape index (κ2) is 6.83. The van der Waals surface area contributed by atoms with Crippen LogP contribution in [0, 0.1) is 5.92 Å². The highest BCUT2D eigenvalue weighted by molar-refractivity contribution is 9.10. The minimum absolute atomic E-state index is 0.173. The van der Waals surface area contributed by atoms with Crippen molar-refractivity contribution in [3.63, 3.8) is 0 Å². The molecule has 0 spiro atoms. The lowest BCUT2D eigenvalue weighted by Crippen LogP contribution is -2.33. The number of nitrogens with one attached hydrogen (secondary N) is 1. The summed E-state index contributed by atoms with van der Waals surface area (Å²) >= 11 is 3.54. The van der Waals surface area contributed by atoms with E-state index in [9.17, 15) is 4.79 Å². The molecule has 3 aliphatic rings. The maximum Gasteiger partial charge on any atom is 0.255 e. The zero-order chi connectivity index (χ0) is 18.4. The zero-order valence-electron chi connectivity index (χ0n) is 15.2. The van der Waals surface area contributed by atoms with Crippen molar-refractivity contribution in [1.29, 1.82) is 0 Å². The van der Waals surface area contributed by atoms with Crippen LogP contribution in [0.3, 0.4) is 0 Å². The summed E-state index contributed by atoms with van der Waals surface area (Å²) in [6.07, 6.45) is 7.93. The summed E-state index contributed by atoms with van der Waals surface area (Å²) in [7, 11) is 0. The van der Waals surface area contributed by atoms with Crippen molar-refractivity contribution in [2.24, 2.45) is 5.92 Å². The molecule has 4 heteroatoms. The maximum atomic E-state index is 13.2. The van der Waals surface area contributed by atoms with E-state index in [-0.39, 0.29) is 11.9 Å². The maximum absolute atomic E-state index is 13.2. The first kappa shape index (κ1) is 17.1. The second-order valence-corrected chi connectivity index (χ2v) is 8.71. The Labute approximate surface area is 168 Å². The van der Waals surface area contributed by atoms with Gasteiger partial charge >= 0.3 is 0 Å². The fourth-order valence-electron chi connectivity index (χ4n) is 4.89. The van der Waals surface area contributed by atoms with Crippen molar-refractivity contribution in [2.75, 3.05) is 18.4 Å². The summed E-state index contributed by atoms with van der Waals surface area (Å²) in [6, 6.07) is 15.0. The molecule has 1 amide bonds. The van der Waals surface area contributed by atoms with Gasteiger partial charge < -0.3 is 10.2 Å². The number of benzene rings is 2. The number of hydrogen-bond donors (Lipinski definition) is 1. The molecule has 1 N–H and O–H groups in total. The predicted molar refractivity (Wildman–Crippen MR) is 112 cm³/mol. The first-order valence-corrected chi connectivity index (χ1v) is 10.6. The van der Waals surface area contributed by atoms with Gasteiger partial charge in [0.25, 0.3) is 5.91 Å². The van der Waals surface area contributed by atoms with Gasteiger partial charge in [-0.1, -0.05) is 52.3 Å². The van der Waals surface area contributed by atoms with Crippen molar-refractivity contribution in [1.82, 2.24) is 4.90 Å². The lowest BCUT2D eigenvalue weighted by molar-refractivity contribution is 0.0793. The molecular weight excluding hydrogens is 400 g/mol. The molecule has 27 heavy (non-hydrogen) atoms. The number of amides is 1. The molecule has 2 aromatic rings. The van der Waals surface area contributed by atoms with Crippen LogP contribution < -0.4 is 5.32 Å². The van der Waals surface area contributed by atoms with Gasteiger partial charge in [0.15, 0.2) is 0 Å². The fraction of sp³-hybridized carbons (Fsp3) is 0.348. The molecule has 5 rings (SSSR count). The number of hydrogen-bond acceptors (Lipinski definition) is 2. The lowest BCUT2D eigenvalue weighted by atomic mass is 9.76. The highest BCUT2D eigenvalue weighted by Crippen LogP contribution is 2.50. The smallest absolute Gasteiger partial charge is 0.255 e. The first-order valence-electron chi connectivity index (χ1n) is 9.83.